The van der Waals surface area contributed by atoms with E-state index in [0.717, 1.165) is 26.8 Å². The molecule has 0 radical (unpaired) electrons. The molecule has 5 rings (SSSR count). The number of carbonyl (C=O) groups excluding carboxylic acids is 2. The maximum absolute atomic E-state index is 12.7. The molecule has 0 aliphatic carbocycles. The van der Waals surface area contributed by atoms with Gasteiger partial charge in [-0.05, 0) is 87.0 Å². The van der Waals surface area contributed by atoms with Crippen molar-refractivity contribution in [1.82, 2.24) is 15.0 Å². The molecule has 196 valence electrons. The van der Waals surface area contributed by atoms with Gasteiger partial charge in [0.15, 0.2) is 0 Å². The van der Waals surface area contributed by atoms with Gasteiger partial charge in [0, 0.05) is 17.3 Å². The molecule has 0 aliphatic rings. The van der Waals surface area contributed by atoms with Crippen molar-refractivity contribution in [3.05, 3.63) is 89.9 Å². The molecule has 0 saturated carbocycles. The molecule has 8 nitrogen and oxygen atoms in total. The van der Waals surface area contributed by atoms with Crippen molar-refractivity contribution in [3.63, 3.8) is 0 Å². The first kappa shape index (κ1) is 26.0. The van der Waals surface area contributed by atoms with Crippen LogP contribution in [0.5, 0.6) is 0 Å². The van der Waals surface area contributed by atoms with Crippen LogP contribution in [0.3, 0.4) is 0 Å². The summed E-state index contributed by atoms with van der Waals surface area (Å²) in [5, 5.41) is 0. The van der Waals surface area contributed by atoms with Gasteiger partial charge in [0.1, 0.15) is 11.5 Å². The van der Waals surface area contributed by atoms with E-state index in [4.69, 9.17) is 18.9 Å². The average molecular weight is 540 g/mol. The highest BCUT2D eigenvalue weighted by molar-refractivity contribution is 7.18. The molecule has 0 fully saturated rings. The first-order valence-electron chi connectivity index (χ1n) is 12.4. The normalized spacial score (nSPS) is 10.8. The quantitative estimate of drug-likeness (QED) is 0.197. The van der Waals surface area contributed by atoms with Crippen molar-refractivity contribution in [1.29, 1.82) is 0 Å². The summed E-state index contributed by atoms with van der Waals surface area (Å²) in [7, 11) is 0. The predicted molar refractivity (Wildman–Crippen MR) is 148 cm³/mol. The van der Waals surface area contributed by atoms with Gasteiger partial charge < -0.3 is 13.9 Å². The van der Waals surface area contributed by atoms with E-state index in [9.17, 15) is 9.59 Å². The van der Waals surface area contributed by atoms with Crippen molar-refractivity contribution in [2.75, 3.05) is 13.2 Å². The number of aryl methyl sites for hydroxylation is 1. The number of ether oxygens (including phenoxy) is 2. The van der Waals surface area contributed by atoms with Crippen LogP contribution < -0.4 is 0 Å². The Kier molecular flexibility index (Phi) is 7.60. The number of pyridine rings is 3. The third kappa shape index (κ3) is 5.78. The lowest BCUT2D eigenvalue weighted by Crippen LogP contribution is -2.07. The Labute approximate surface area is 229 Å². The number of nitrogens with zero attached hydrogens (tertiary/aromatic N) is 3. The van der Waals surface area contributed by atoms with Gasteiger partial charge in [0.05, 0.1) is 52.0 Å². The minimum Gasteiger partial charge on any atom is -0.462 e. The molecule has 0 aromatic carbocycles. The summed E-state index contributed by atoms with van der Waals surface area (Å²) < 4.78 is 16.1. The number of thiophene rings is 1. The molecule has 0 bridgehead atoms. The first-order valence-corrected chi connectivity index (χ1v) is 13.2. The van der Waals surface area contributed by atoms with Crippen LogP contribution in [0.15, 0.2) is 77.5 Å². The Morgan fingerprint density at radius 1 is 0.744 bits per heavy atom. The second-order valence-electron chi connectivity index (χ2n) is 8.50. The molecule has 5 heterocycles. The molecule has 0 amide bonds. The van der Waals surface area contributed by atoms with Crippen LogP contribution in [0.2, 0.25) is 0 Å². The second-order valence-corrected chi connectivity index (χ2v) is 9.58. The van der Waals surface area contributed by atoms with E-state index in [1.165, 1.54) is 6.20 Å². The van der Waals surface area contributed by atoms with Crippen LogP contribution in [0.4, 0.5) is 0 Å². The maximum atomic E-state index is 12.7. The van der Waals surface area contributed by atoms with E-state index in [0.29, 0.717) is 33.9 Å². The lowest BCUT2D eigenvalue weighted by atomic mass is 10.1. The molecular formula is C30H25N3O5S. The number of rotatable bonds is 8. The molecule has 0 aliphatic heterocycles. The number of furan rings is 1. The molecule has 0 saturated heterocycles. The molecular weight excluding hydrogens is 514 g/mol. The number of esters is 2. The molecule has 0 atom stereocenters. The van der Waals surface area contributed by atoms with Crippen molar-refractivity contribution in [3.8, 4) is 43.9 Å². The zero-order valence-corrected chi connectivity index (χ0v) is 22.5. The Balaban J connectivity index is 1.55. The fourth-order valence-electron chi connectivity index (χ4n) is 3.95. The van der Waals surface area contributed by atoms with Gasteiger partial charge in [0.25, 0.3) is 0 Å². The summed E-state index contributed by atoms with van der Waals surface area (Å²) in [4.78, 5) is 40.7. The van der Waals surface area contributed by atoms with Crippen LogP contribution in [-0.2, 0) is 9.47 Å². The minimum atomic E-state index is -0.489. The van der Waals surface area contributed by atoms with Gasteiger partial charge in [-0.25, -0.2) is 14.6 Å². The highest BCUT2D eigenvalue weighted by Crippen LogP contribution is 2.36. The number of carbonyl (C=O) groups is 2. The van der Waals surface area contributed by atoms with Gasteiger partial charge in [0.2, 0.25) is 0 Å². The summed E-state index contributed by atoms with van der Waals surface area (Å²) in [5.41, 5.74) is 3.46. The fraction of sp³-hybridized carbons (Fsp3) is 0.167. The first-order chi connectivity index (χ1) is 18.9. The fourth-order valence-corrected chi connectivity index (χ4v) is 4.92. The molecule has 5 aromatic rings. The largest absolute Gasteiger partial charge is 0.462 e. The van der Waals surface area contributed by atoms with Crippen molar-refractivity contribution in [2.45, 2.75) is 20.8 Å². The average Bonchev–Trinajstić information content (AvgIpc) is 3.63. The Hall–Kier alpha value is -4.63. The van der Waals surface area contributed by atoms with Crippen molar-refractivity contribution < 1.29 is 23.5 Å². The molecule has 0 N–H and O–H groups in total. The monoisotopic (exact) mass is 539 g/mol. The van der Waals surface area contributed by atoms with E-state index in [-0.39, 0.29) is 13.2 Å². The smallest absolute Gasteiger partial charge is 0.338 e. The summed E-state index contributed by atoms with van der Waals surface area (Å²) >= 11 is 1.61. The second kappa shape index (κ2) is 11.4. The Bertz CT molecular complexity index is 1660. The molecule has 9 heteroatoms. The standard InChI is InChI=1S/C30H25N3O5S/c1-4-36-29(34)20-11-13-32-23(15-20)25-17-21(30(35)37-5-2)16-24(33-25)22-14-19(10-12-31-22)27-8-9-28(39-27)26-7-6-18(3)38-26/h6-17H,4-5H2,1-3H3. The minimum absolute atomic E-state index is 0.228. The van der Waals surface area contributed by atoms with E-state index in [1.807, 2.05) is 43.3 Å². The Morgan fingerprint density at radius 3 is 2.03 bits per heavy atom. The van der Waals surface area contributed by atoms with Crippen LogP contribution in [0.1, 0.15) is 40.3 Å². The maximum Gasteiger partial charge on any atom is 0.338 e. The number of hydrogen-bond acceptors (Lipinski definition) is 9. The van der Waals surface area contributed by atoms with Gasteiger partial charge in [-0.2, -0.15) is 0 Å². The molecule has 0 unspecified atom stereocenters. The van der Waals surface area contributed by atoms with Crippen LogP contribution in [-0.4, -0.2) is 40.1 Å². The van der Waals surface area contributed by atoms with Gasteiger partial charge in [-0.15, -0.1) is 11.3 Å². The molecule has 5 aromatic heterocycles. The zero-order valence-electron chi connectivity index (χ0n) is 21.6. The topological polar surface area (TPSA) is 104 Å². The lowest BCUT2D eigenvalue weighted by molar-refractivity contribution is 0.0516. The summed E-state index contributed by atoms with van der Waals surface area (Å²) in [5.74, 6) is 0.731. The van der Waals surface area contributed by atoms with Crippen molar-refractivity contribution >= 4 is 23.3 Å². The highest BCUT2D eigenvalue weighted by atomic mass is 32.1. The summed E-state index contributed by atoms with van der Waals surface area (Å²) in [6.45, 7) is 5.89. The number of hydrogen-bond donors (Lipinski definition) is 0. The SMILES string of the molecule is CCOC(=O)c1ccnc(-c2cc(C(=O)OCC)cc(-c3cc(-c4ccc(-c5ccc(C)o5)s4)ccn3)n2)c1. The highest BCUT2D eigenvalue weighted by Gasteiger charge is 2.17. The summed E-state index contributed by atoms with van der Waals surface area (Å²) in [6.07, 6.45) is 3.22. The predicted octanol–water partition coefficient (Wildman–Crippen LogP) is 6.86. The van der Waals surface area contributed by atoms with E-state index < -0.39 is 11.9 Å². The zero-order chi connectivity index (χ0) is 27.4. The van der Waals surface area contributed by atoms with Gasteiger partial charge >= 0.3 is 11.9 Å². The third-order valence-electron chi connectivity index (χ3n) is 5.77. The molecule has 39 heavy (non-hydrogen) atoms. The van der Waals surface area contributed by atoms with E-state index in [1.54, 1.807) is 55.6 Å². The summed E-state index contributed by atoms with van der Waals surface area (Å²) in [6, 6.07) is 18.2. The van der Waals surface area contributed by atoms with Crippen molar-refractivity contribution in [2.24, 2.45) is 0 Å². The lowest BCUT2D eigenvalue weighted by Gasteiger charge is -2.10. The van der Waals surface area contributed by atoms with Crippen LogP contribution >= 0.6 is 11.3 Å². The van der Waals surface area contributed by atoms with E-state index in [2.05, 4.69) is 9.97 Å². The third-order valence-corrected chi connectivity index (χ3v) is 6.91. The molecule has 0 spiro atoms. The van der Waals surface area contributed by atoms with Gasteiger partial charge in [-0.1, -0.05) is 0 Å². The number of aromatic nitrogens is 3. The Morgan fingerprint density at radius 2 is 1.36 bits per heavy atom. The van der Waals surface area contributed by atoms with E-state index >= 15 is 0 Å². The van der Waals surface area contributed by atoms with Crippen LogP contribution in [0, 0.1) is 6.92 Å². The van der Waals surface area contributed by atoms with Gasteiger partial charge in [-0.3, -0.25) is 9.97 Å². The van der Waals surface area contributed by atoms with Crippen LogP contribution in [0.25, 0.3) is 43.9 Å².